The zero-order chi connectivity index (χ0) is 15.9. The summed E-state index contributed by atoms with van der Waals surface area (Å²) in [6, 6.07) is 5.39. The molecule has 6 nitrogen and oxygen atoms in total. The smallest absolute Gasteiger partial charge is 0.239 e. The molecule has 0 fully saturated rings. The van der Waals surface area contributed by atoms with Gasteiger partial charge in [-0.2, -0.15) is 5.10 Å². The highest BCUT2D eigenvalue weighted by Gasteiger charge is 2.09. The SMILES string of the molecule is CCN(CC)CCNCC(=O)Nc1n[nH]c2cc(Cl)ccc12. The van der Waals surface area contributed by atoms with E-state index in [1.54, 1.807) is 12.1 Å². The Balaban J connectivity index is 1.81. The van der Waals surface area contributed by atoms with Gasteiger partial charge in [0.05, 0.1) is 12.1 Å². The summed E-state index contributed by atoms with van der Waals surface area (Å²) in [6.45, 7) is 8.29. The lowest BCUT2D eigenvalue weighted by Gasteiger charge is -2.17. The van der Waals surface area contributed by atoms with Crippen LogP contribution in [0.4, 0.5) is 5.82 Å². The van der Waals surface area contributed by atoms with Gasteiger partial charge in [0.25, 0.3) is 0 Å². The molecular formula is C15H22ClN5O. The van der Waals surface area contributed by atoms with Crippen molar-refractivity contribution in [1.29, 1.82) is 0 Å². The summed E-state index contributed by atoms with van der Waals surface area (Å²) < 4.78 is 0. The van der Waals surface area contributed by atoms with Gasteiger partial charge >= 0.3 is 0 Å². The number of nitrogens with zero attached hydrogens (tertiary/aromatic N) is 2. The van der Waals surface area contributed by atoms with Crippen LogP contribution in [0.2, 0.25) is 5.02 Å². The van der Waals surface area contributed by atoms with E-state index in [1.807, 2.05) is 6.07 Å². The zero-order valence-corrected chi connectivity index (χ0v) is 13.7. The summed E-state index contributed by atoms with van der Waals surface area (Å²) >= 11 is 5.92. The number of likely N-dealkylation sites (N-methyl/N-ethyl adjacent to an activating group) is 1. The van der Waals surface area contributed by atoms with E-state index < -0.39 is 0 Å². The summed E-state index contributed by atoms with van der Waals surface area (Å²) in [5.41, 5.74) is 0.803. The van der Waals surface area contributed by atoms with E-state index in [9.17, 15) is 4.79 Å². The number of anilines is 1. The summed E-state index contributed by atoms with van der Waals surface area (Å²) in [7, 11) is 0. The molecule has 0 saturated heterocycles. The first-order valence-corrected chi connectivity index (χ1v) is 7.88. The molecule has 3 N–H and O–H groups in total. The van der Waals surface area contributed by atoms with E-state index in [2.05, 4.69) is 39.6 Å². The van der Waals surface area contributed by atoms with Crippen LogP contribution in [0.5, 0.6) is 0 Å². The second-order valence-corrected chi connectivity index (χ2v) is 5.45. The fourth-order valence-corrected chi connectivity index (χ4v) is 2.41. The topological polar surface area (TPSA) is 73.1 Å². The number of H-pyrrole nitrogens is 1. The largest absolute Gasteiger partial charge is 0.308 e. The van der Waals surface area contributed by atoms with Crippen LogP contribution in [0.25, 0.3) is 10.9 Å². The molecule has 1 aromatic heterocycles. The molecule has 0 spiro atoms. The lowest BCUT2D eigenvalue weighted by Crippen LogP contribution is -2.35. The number of carbonyl (C=O) groups is 1. The lowest BCUT2D eigenvalue weighted by molar-refractivity contribution is -0.115. The van der Waals surface area contributed by atoms with Crippen LogP contribution >= 0.6 is 11.6 Å². The third kappa shape index (κ3) is 4.43. The average molecular weight is 324 g/mol. The Bertz CT molecular complexity index is 623. The highest BCUT2D eigenvalue weighted by atomic mass is 35.5. The number of aromatic amines is 1. The van der Waals surface area contributed by atoms with Crippen molar-refractivity contribution in [3.05, 3.63) is 23.2 Å². The number of hydrogen-bond donors (Lipinski definition) is 3. The van der Waals surface area contributed by atoms with E-state index in [0.29, 0.717) is 10.8 Å². The molecule has 0 atom stereocenters. The maximum atomic E-state index is 11.9. The van der Waals surface area contributed by atoms with Crippen LogP contribution in [0.3, 0.4) is 0 Å². The third-order valence-corrected chi connectivity index (χ3v) is 3.80. The minimum absolute atomic E-state index is 0.108. The quantitative estimate of drug-likeness (QED) is 0.650. The van der Waals surface area contributed by atoms with E-state index in [1.165, 1.54) is 0 Å². The highest BCUT2D eigenvalue weighted by molar-refractivity contribution is 6.31. The molecule has 0 saturated carbocycles. The fraction of sp³-hybridized carbons (Fsp3) is 0.467. The van der Waals surface area contributed by atoms with Gasteiger partial charge in [0.2, 0.25) is 5.91 Å². The van der Waals surface area contributed by atoms with Crippen molar-refractivity contribution in [3.8, 4) is 0 Å². The number of amides is 1. The van der Waals surface area contributed by atoms with Gasteiger partial charge in [0.1, 0.15) is 0 Å². The number of halogens is 1. The Morgan fingerprint density at radius 3 is 2.86 bits per heavy atom. The second kappa shape index (κ2) is 8.12. The van der Waals surface area contributed by atoms with E-state index in [-0.39, 0.29) is 12.5 Å². The summed E-state index contributed by atoms with van der Waals surface area (Å²) in [6.07, 6.45) is 0. The third-order valence-electron chi connectivity index (χ3n) is 3.57. The Hall–Kier alpha value is -1.63. The Morgan fingerprint density at radius 1 is 1.36 bits per heavy atom. The molecule has 1 amide bonds. The molecule has 22 heavy (non-hydrogen) atoms. The van der Waals surface area contributed by atoms with E-state index in [0.717, 1.165) is 37.1 Å². The molecule has 0 unspecified atom stereocenters. The van der Waals surface area contributed by atoms with E-state index >= 15 is 0 Å². The number of aromatic nitrogens is 2. The monoisotopic (exact) mass is 323 g/mol. The Kier molecular flexibility index (Phi) is 6.18. The minimum Gasteiger partial charge on any atom is -0.308 e. The number of carbonyl (C=O) groups excluding carboxylic acids is 1. The number of nitrogens with one attached hydrogen (secondary N) is 3. The van der Waals surface area contributed by atoms with Crippen molar-refractivity contribution < 1.29 is 4.79 Å². The molecular weight excluding hydrogens is 302 g/mol. The molecule has 1 aromatic carbocycles. The predicted octanol–water partition coefficient (Wildman–Crippen LogP) is 2.09. The van der Waals surface area contributed by atoms with Gasteiger partial charge in [-0.25, -0.2) is 0 Å². The van der Waals surface area contributed by atoms with Crippen molar-refractivity contribution in [1.82, 2.24) is 20.4 Å². The van der Waals surface area contributed by atoms with E-state index in [4.69, 9.17) is 11.6 Å². The molecule has 0 bridgehead atoms. The van der Waals surface area contributed by atoms with Crippen LogP contribution in [0.1, 0.15) is 13.8 Å². The van der Waals surface area contributed by atoms with Crippen LogP contribution < -0.4 is 10.6 Å². The molecule has 120 valence electrons. The van der Waals surface area contributed by atoms with Crippen LogP contribution in [-0.2, 0) is 4.79 Å². The summed E-state index contributed by atoms with van der Waals surface area (Å²) in [5.74, 6) is 0.421. The van der Waals surface area contributed by atoms with Gasteiger partial charge in [-0.15, -0.1) is 0 Å². The number of rotatable bonds is 8. The zero-order valence-electron chi connectivity index (χ0n) is 12.9. The molecule has 2 rings (SSSR count). The molecule has 7 heteroatoms. The van der Waals surface area contributed by atoms with Crippen molar-refractivity contribution in [2.45, 2.75) is 13.8 Å². The molecule has 0 radical (unpaired) electrons. The Labute approximate surface area is 135 Å². The van der Waals surface area contributed by atoms with Crippen molar-refractivity contribution >= 4 is 34.2 Å². The van der Waals surface area contributed by atoms with Gasteiger partial charge in [0, 0.05) is 23.5 Å². The number of fused-ring (bicyclic) bond motifs is 1. The maximum Gasteiger partial charge on any atom is 0.239 e. The minimum atomic E-state index is -0.108. The van der Waals surface area contributed by atoms with Gasteiger partial charge in [-0.1, -0.05) is 25.4 Å². The summed E-state index contributed by atoms with van der Waals surface area (Å²) in [4.78, 5) is 14.2. The molecule has 0 aliphatic heterocycles. The molecule has 0 aliphatic rings. The average Bonchev–Trinajstić information content (AvgIpc) is 2.89. The van der Waals surface area contributed by atoms with Gasteiger partial charge in [-0.3, -0.25) is 9.89 Å². The van der Waals surface area contributed by atoms with Gasteiger partial charge in [0.15, 0.2) is 5.82 Å². The molecule has 0 aliphatic carbocycles. The Morgan fingerprint density at radius 2 is 2.14 bits per heavy atom. The first-order valence-electron chi connectivity index (χ1n) is 7.50. The first kappa shape index (κ1) is 16.7. The fourth-order valence-electron chi connectivity index (χ4n) is 2.24. The van der Waals surface area contributed by atoms with Crippen LogP contribution in [0.15, 0.2) is 18.2 Å². The van der Waals surface area contributed by atoms with Crippen LogP contribution in [0, 0.1) is 0 Å². The number of hydrogen-bond acceptors (Lipinski definition) is 4. The van der Waals surface area contributed by atoms with Gasteiger partial charge in [-0.05, 0) is 31.3 Å². The first-order chi connectivity index (χ1) is 10.6. The summed E-state index contributed by atoms with van der Waals surface area (Å²) in [5, 5.41) is 14.4. The molecule has 2 aromatic rings. The van der Waals surface area contributed by atoms with Crippen molar-refractivity contribution in [3.63, 3.8) is 0 Å². The van der Waals surface area contributed by atoms with Crippen molar-refractivity contribution in [2.75, 3.05) is 38.0 Å². The number of benzene rings is 1. The maximum absolute atomic E-state index is 11.9. The molecule has 1 heterocycles. The van der Waals surface area contributed by atoms with Crippen molar-refractivity contribution in [2.24, 2.45) is 0 Å². The second-order valence-electron chi connectivity index (χ2n) is 5.01. The lowest BCUT2D eigenvalue weighted by atomic mass is 10.2. The van der Waals surface area contributed by atoms with Crippen LogP contribution in [-0.4, -0.2) is 53.7 Å². The van der Waals surface area contributed by atoms with Gasteiger partial charge < -0.3 is 15.5 Å². The normalized spacial score (nSPS) is 11.3. The standard InChI is InChI=1S/C15H22ClN5O/c1-3-21(4-2)8-7-17-10-14(22)18-15-12-6-5-11(16)9-13(12)19-20-15/h5-6,9,17H,3-4,7-8,10H2,1-2H3,(H2,18,19,20,22). The highest BCUT2D eigenvalue weighted by Crippen LogP contribution is 2.23. The predicted molar refractivity (Wildman–Crippen MR) is 90.4 cm³/mol.